The summed E-state index contributed by atoms with van der Waals surface area (Å²) < 4.78 is 0. The van der Waals surface area contributed by atoms with Crippen LogP contribution in [0.15, 0.2) is 66.8 Å². The van der Waals surface area contributed by atoms with Crippen molar-refractivity contribution >= 4 is 29.1 Å². The number of carbonyl (C=O) groups is 2. The van der Waals surface area contributed by atoms with Crippen molar-refractivity contribution < 1.29 is 14.7 Å². The van der Waals surface area contributed by atoms with Crippen LogP contribution in [0.3, 0.4) is 0 Å². The zero-order valence-corrected chi connectivity index (χ0v) is 15.0. The zero-order valence-electron chi connectivity index (χ0n) is 14.3. The highest BCUT2D eigenvalue weighted by atomic mass is 35.5. The van der Waals surface area contributed by atoms with E-state index in [9.17, 15) is 14.7 Å². The summed E-state index contributed by atoms with van der Waals surface area (Å²) in [5.74, 6) is -1.54. The second-order valence-corrected chi connectivity index (χ2v) is 6.59. The summed E-state index contributed by atoms with van der Waals surface area (Å²) in [6.07, 6.45) is 1.56. The Hall–Kier alpha value is -2.85. The predicted molar refractivity (Wildman–Crippen MR) is 102 cm³/mol. The fraction of sp³-hybridized carbons (Fsp3) is 0.143. The van der Waals surface area contributed by atoms with Gasteiger partial charge < -0.3 is 10.0 Å². The summed E-state index contributed by atoms with van der Waals surface area (Å²) in [6.45, 7) is 5.79. The molecular formula is C21H18ClNO3. The first-order valence-electron chi connectivity index (χ1n) is 8.16. The van der Waals surface area contributed by atoms with Gasteiger partial charge >= 0.3 is 0 Å². The van der Waals surface area contributed by atoms with Crippen molar-refractivity contribution in [2.24, 2.45) is 0 Å². The highest BCUT2D eigenvalue weighted by molar-refractivity contribution is 6.46. The molecule has 1 aliphatic heterocycles. The van der Waals surface area contributed by atoms with Gasteiger partial charge in [-0.15, -0.1) is 6.58 Å². The van der Waals surface area contributed by atoms with E-state index in [1.807, 2.05) is 19.1 Å². The molecule has 1 atom stereocenters. The molecule has 1 amide bonds. The Morgan fingerprint density at radius 1 is 1.15 bits per heavy atom. The Labute approximate surface area is 157 Å². The van der Waals surface area contributed by atoms with Gasteiger partial charge in [0.05, 0.1) is 11.6 Å². The number of Topliss-reactive ketones (excluding diaryl/α,β-unsaturated/α-hetero) is 1. The Kier molecular flexibility index (Phi) is 4.96. The highest BCUT2D eigenvalue weighted by Crippen LogP contribution is 2.39. The maximum atomic E-state index is 12.7. The number of hydrogen-bond donors (Lipinski definition) is 1. The average molecular weight is 368 g/mol. The number of benzene rings is 2. The summed E-state index contributed by atoms with van der Waals surface area (Å²) >= 11 is 5.96. The lowest BCUT2D eigenvalue weighted by molar-refractivity contribution is -0.139. The van der Waals surface area contributed by atoms with Crippen LogP contribution in [0.4, 0.5) is 0 Å². The normalized spacial score (nSPS) is 19.0. The SMILES string of the molecule is C=CCN1C(=O)C(=O)C(=C(O)c2ccc(C)cc2)[C@@H]1c1ccc(Cl)cc1. The number of aliphatic hydroxyl groups is 1. The van der Waals surface area contributed by atoms with Crippen LogP contribution in [-0.2, 0) is 9.59 Å². The van der Waals surface area contributed by atoms with Gasteiger partial charge in [-0.25, -0.2) is 0 Å². The third-order valence-electron chi connectivity index (χ3n) is 4.38. The van der Waals surface area contributed by atoms with Gasteiger partial charge in [0.15, 0.2) is 0 Å². The van der Waals surface area contributed by atoms with E-state index in [1.165, 1.54) is 4.90 Å². The van der Waals surface area contributed by atoms with Gasteiger partial charge in [-0.3, -0.25) is 9.59 Å². The van der Waals surface area contributed by atoms with Gasteiger partial charge in [0, 0.05) is 17.1 Å². The minimum absolute atomic E-state index is 0.0722. The maximum Gasteiger partial charge on any atom is 0.295 e. The first kappa shape index (κ1) is 18.0. The number of amides is 1. The Morgan fingerprint density at radius 2 is 1.77 bits per heavy atom. The molecule has 0 spiro atoms. The van der Waals surface area contributed by atoms with Crippen molar-refractivity contribution in [2.75, 3.05) is 6.54 Å². The molecule has 0 unspecified atom stereocenters. The Balaban J connectivity index is 2.18. The largest absolute Gasteiger partial charge is 0.507 e. The van der Waals surface area contributed by atoms with E-state index in [4.69, 9.17) is 11.6 Å². The van der Waals surface area contributed by atoms with Gasteiger partial charge in [0.2, 0.25) is 0 Å². The third-order valence-corrected chi connectivity index (χ3v) is 4.63. The fourth-order valence-electron chi connectivity index (χ4n) is 3.07. The van der Waals surface area contributed by atoms with E-state index >= 15 is 0 Å². The minimum atomic E-state index is -0.704. The lowest BCUT2D eigenvalue weighted by atomic mass is 9.95. The molecule has 0 radical (unpaired) electrons. The molecule has 1 heterocycles. The topological polar surface area (TPSA) is 57.6 Å². The monoisotopic (exact) mass is 367 g/mol. The Bertz CT molecular complexity index is 898. The molecule has 0 aliphatic carbocycles. The smallest absolute Gasteiger partial charge is 0.295 e. The van der Waals surface area contributed by atoms with Crippen molar-refractivity contribution in [1.82, 2.24) is 4.90 Å². The van der Waals surface area contributed by atoms with Crippen molar-refractivity contribution in [1.29, 1.82) is 0 Å². The minimum Gasteiger partial charge on any atom is -0.507 e. The van der Waals surface area contributed by atoms with Gasteiger partial charge in [0.1, 0.15) is 5.76 Å². The van der Waals surface area contributed by atoms with Gasteiger partial charge in [-0.05, 0) is 24.6 Å². The van der Waals surface area contributed by atoms with Crippen LogP contribution in [0.25, 0.3) is 5.76 Å². The second-order valence-electron chi connectivity index (χ2n) is 6.16. The molecule has 1 saturated heterocycles. The summed E-state index contributed by atoms with van der Waals surface area (Å²) in [5.41, 5.74) is 2.29. The highest BCUT2D eigenvalue weighted by Gasteiger charge is 2.45. The first-order valence-corrected chi connectivity index (χ1v) is 8.53. The molecule has 1 N–H and O–H groups in total. The third kappa shape index (κ3) is 3.16. The molecule has 0 bridgehead atoms. The van der Waals surface area contributed by atoms with E-state index in [-0.39, 0.29) is 17.9 Å². The molecule has 2 aromatic rings. The first-order chi connectivity index (χ1) is 12.4. The number of nitrogens with zero attached hydrogens (tertiary/aromatic N) is 1. The molecule has 5 heteroatoms. The number of carbonyl (C=O) groups excluding carboxylic acids is 2. The van der Waals surface area contributed by atoms with Crippen LogP contribution in [0.5, 0.6) is 0 Å². The van der Waals surface area contributed by atoms with Gasteiger partial charge in [-0.2, -0.15) is 0 Å². The van der Waals surface area contributed by atoms with E-state index in [0.29, 0.717) is 16.1 Å². The van der Waals surface area contributed by atoms with E-state index in [0.717, 1.165) is 5.56 Å². The second kappa shape index (κ2) is 7.18. The summed E-state index contributed by atoms with van der Waals surface area (Å²) in [5, 5.41) is 11.3. The standard InChI is InChI=1S/C21H18ClNO3/c1-3-12-23-18(14-8-10-16(22)11-9-14)17(20(25)21(23)26)19(24)15-6-4-13(2)5-7-15/h3-11,18,24H,1,12H2,2H3/t18-/m0/s1. The van der Waals surface area contributed by atoms with Crippen LogP contribution in [0, 0.1) is 6.92 Å². The van der Waals surface area contributed by atoms with Crippen LogP contribution in [0.1, 0.15) is 22.7 Å². The lowest BCUT2D eigenvalue weighted by Gasteiger charge is -2.24. The molecule has 132 valence electrons. The van der Waals surface area contributed by atoms with Crippen LogP contribution >= 0.6 is 11.6 Å². The number of hydrogen-bond acceptors (Lipinski definition) is 3. The molecule has 1 fully saturated rings. The molecule has 2 aromatic carbocycles. The molecule has 4 nitrogen and oxygen atoms in total. The van der Waals surface area contributed by atoms with E-state index in [2.05, 4.69) is 6.58 Å². The average Bonchev–Trinajstić information content (AvgIpc) is 2.88. The summed E-state index contributed by atoms with van der Waals surface area (Å²) in [7, 11) is 0. The van der Waals surface area contributed by atoms with Crippen molar-refractivity contribution in [2.45, 2.75) is 13.0 Å². The van der Waals surface area contributed by atoms with E-state index in [1.54, 1.807) is 42.5 Å². The number of aryl methyl sites for hydroxylation is 1. The fourth-order valence-corrected chi connectivity index (χ4v) is 3.19. The number of likely N-dealkylation sites (tertiary alicyclic amines) is 1. The number of aliphatic hydroxyl groups excluding tert-OH is 1. The molecule has 1 aliphatic rings. The molecule has 26 heavy (non-hydrogen) atoms. The van der Waals surface area contributed by atoms with Gasteiger partial charge in [-0.1, -0.05) is 59.6 Å². The summed E-state index contributed by atoms with van der Waals surface area (Å²) in [4.78, 5) is 26.6. The molecule has 0 aromatic heterocycles. The molecule has 3 rings (SSSR count). The maximum absolute atomic E-state index is 12.7. The molecular weight excluding hydrogens is 350 g/mol. The lowest BCUT2D eigenvalue weighted by Crippen LogP contribution is -2.29. The van der Waals surface area contributed by atoms with Crippen molar-refractivity contribution in [3.63, 3.8) is 0 Å². The number of halogens is 1. The van der Waals surface area contributed by atoms with Gasteiger partial charge in [0.25, 0.3) is 11.7 Å². The van der Waals surface area contributed by atoms with E-state index < -0.39 is 17.7 Å². The van der Waals surface area contributed by atoms with Crippen LogP contribution < -0.4 is 0 Å². The van der Waals surface area contributed by atoms with Crippen molar-refractivity contribution in [3.05, 3.63) is 88.5 Å². The van der Waals surface area contributed by atoms with Crippen molar-refractivity contribution in [3.8, 4) is 0 Å². The molecule has 0 saturated carbocycles. The number of rotatable bonds is 4. The summed E-state index contributed by atoms with van der Waals surface area (Å²) in [6, 6.07) is 13.3. The predicted octanol–water partition coefficient (Wildman–Crippen LogP) is 4.26. The number of ketones is 1. The van der Waals surface area contributed by atoms with Crippen LogP contribution in [-0.4, -0.2) is 28.2 Å². The Morgan fingerprint density at radius 3 is 2.35 bits per heavy atom. The van der Waals surface area contributed by atoms with Crippen LogP contribution in [0.2, 0.25) is 5.02 Å². The zero-order chi connectivity index (χ0) is 18.8. The quantitative estimate of drug-likeness (QED) is 0.380.